The number of furan rings is 1. The number of carbonyl (C=O) groups is 1. The molecule has 0 atom stereocenters. The molecule has 1 N–H and O–H groups in total. The Balaban J connectivity index is 1.97. The lowest BCUT2D eigenvalue weighted by Gasteiger charge is -2.04. The van der Waals surface area contributed by atoms with Gasteiger partial charge in [0, 0.05) is 12.4 Å². The summed E-state index contributed by atoms with van der Waals surface area (Å²) in [5.41, 5.74) is 2.00. The monoisotopic (exact) mass is 283 g/mol. The Labute approximate surface area is 115 Å². The molecule has 0 fully saturated rings. The van der Waals surface area contributed by atoms with Crippen molar-refractivity contribution in [2.75, 3.05) is 0 Å². The molecule has 0 bridgehead atoms. The molecule has 0 aliphatic heterocycles. The molecule has 1 amide bonds. The van der Waals surface area contributed by atoms with E-state index in [-0.39, 0.29) is 16.9 Å². The van der Waals surface area contributed by atoms with Crippen molar-refractivity contribution in [2.45, 2.75) is 12.4 Å². The first-order chi connectivity index (χ1) is 8.69. The lowest BCUT2D eigenvalue weighted by atomic mass is 10.1. The van der Waals surface area contributed by atoms with E-state index < -0.39 is 0 Å². The van der Waals surface area contributed by atoms with E-state index in [0.29, 0.717) is 12.4 Å². The maximum atomic E-state index is 11.7. The number of halogens is 2. The SMILES string of the molecule is O=C(NCc1cccc(CCl)c1)c1ccc(Cl)o1. The Bertz CT molecular complexity index is 551. The van der Waals surface area contributed by atoms with E-state index in [9.17, 15) is 4.79 Å². The van der Waals surface area contributed by atoms with E-state index >= 15 is 0 Å². The summed E-state index contributed by atoms with van der Waals surface area (Å²) in [4.78, 5) is 11.7. The van der Waals surface area contributed by atoms with Gasteiger partial charge in [-0.1, -0.05) is 24.3 Å². The molecule has 5 heteroatoms. The van der Waals surface area contributed by atoms with Gasteiger partial charge in [0.05, 0.1) is 0 Å². The topological polar surface area (TPSA) is 42.2 Å². The molecule has 2 aromatic rings. The Morgan fingerprint density at radius 2 is 2.00 bits per heavy atom. The first-order valence-electron chi connectivity index (χ1n) is 5.36. The van der Waals surface area contributed by atoms with Crippen molar-refractivity contribution in [1.29, 1.82) is 0 Å². The summed E-state index contributed by atoms with van der Waals surface area (Å²) in [6.45, 7) is 0.419. The largest absolute Gasteiger partial charge is 0.440 e. The average Bonchev–Trinajstić information content (AvgIpc) is 2.83. The third-order valence-electron chi connectivity index (χ3n) is 2.40. The van der Waals surface area contributed by atoms with E-state index in [4.69, 9.17) is 27.6 Å². The number of alkyl halides is 1. The first-order valence-corrected chi connectivity index (χ1v) is 6.27. The van der Waals surface area contributed by atoms with E-state index in [1.54, 1.807) is 0 Å². The van der Waals surface area contributed by atoms with E-state index in [0.717, 1.165) is 11.1 Å². The van der Waals surface area contributed by atoms with Crippen LogP contribution in [-0.4, -0.2) is 5.91 Å². The Morgan fingerprint density at radius 3 is 2.67 bits per heavy atom. The molecule has 2 rings (SSSR count). The van der Waals surface area contributed by atoms with Gasteiger partial charge in [0.2, 0.25) is 0 Å². The van der Waals surface area contributed by atoms with E-state index in [1.807, 2.05) is 24.3 Å². The average molecular weight is 284 g/mol. The van der Waals surface area contributed by atoms with Crippen LogP contribution in [0.2, 0.25) is 5.22 Å². The first kappa shape index (κ1) is 13.0. The quantitative estimate of drug-likeness (QED) is 0.871. The highest BCUT2D eigenvalue weighted by molar-refractivity contribution is 6.29. The minimum Gasteiger partial charge on any atom is -0.440 e. The van der Waals surface area contributed by atoms with Crippen LogP contribution in [0.1, 0.15) is 21.7 Å². The lowest BCUT2D eigenvalue weighted by Crippen LogP contribution is -2.22. The summed E-state index contributed by atoms with van der Waals surface area (Å²) in [7, 11) is 0. The highest BCUT2D eigenvalue weighted by atomic mass is 35.5. The zero-order chi connectivity index (χ0) is 13.0. The minimum atomic E-state index is -0.293. The molecule has 3 nitrogen and oxygen atoms in total. The normalized spacial score (nSPS) is 10.3. The van der Waals surface area contributed by atoms with Crippen molar-refractivity contribution in [2.24, 2.45) is 0 Å². The summed E-state index contributed by atoms with van der Waals surface area (Å²) in [5.74, 6) is 0.363. The molecule has 0 aliphatic rings. The molecule has 94 valence electrons. The number of amides is 1. The van der Waals surface area contributed by atoms with Crippen LogP contribution >= 0.6 is 23.2 Å². The smallest absolute Gasteiger partial charge is 0.287 e. The number of hydrogen-bond donors (Lipinski definition) is 1. The summed E-state index contributed by atoms with van der Waals surface area (Å²) in [5, 5.41) is 2.94. The number of hydrogen-bond acceptors (Lipinski definition) is 2. The van der Waals surface area contributed by atoms with Crippen molar-refractivity contribution in [1.82, 2.24) is 5.32 Å². The zero-order valence-corrected chi connectivity index (χ0v) is 11.0. The fraction of sp³-hybridized carbons (Fsp3) is 0.154. The molecule has 18 heavy (non-hydrogen) atoms. The molecule has 0 unspecified atom stereocenters. The van der Waals surface area contributed by atoms with Crippen LogP contribution in [0.4, 0.5) is 0 Å². The van der Waals surface area contributed by atoms with Gasteiger partial charge in [-0.05, 0) is 34.9 Å². The summed E-state index contributed by atoms with van der Waals surface area (Å²) >= 11 is 11.3. The van der Waals surface area contributed by atoms with Gasteiger partial charge >= 0.3 is 0 Å². The molecule has 0 radical (unpaired) electrons. The van der Waals surface area contributed by atoms with Crippen LogP contribution in [0.25, 0.3) is 0 Å². The molecule has 1 aromatic carbocycles. The van der Waals surface area contributed by atoms with Crippen LogP contribution in [0.5, 0.6) is 0 Å². The molecule has 0 spiro atoms. The van der Waals surface area contributed by atoms with Crippen molar-refractivity contribution < 1.29 is 9.21 Å². The second kappa shape index (κ2) is 5.94. The number of nitrogens with one attached hydrogen (secondary N) is 1. The third-order valence-corrected chi connectivity index (χ3v) is 2.91. The Kier molecular flexibility index (Phi) is 4.28. The summed E-state index contributed by atoms with van der Waals surface area (Å²) < 4.78 is 5.01. The van der Waals surface area contributed by atoms with Crippen molar-refractivity contribution in [3.63, 3.8) is 0 Å². The minimum absolute atomic E-state index is 0.198. The van der Waals surface area contributed by atoms with Gasteiger partial charge in [0.25, 0.3) is 5.91 Å². The summed E-state index contributed by atoms with van der Waals surface area (Å²) in [6.07, 6.45) is 0. The Morgan fingerprint density at radius 1 is 1.22 bits per heavy atom. The predicted octanol–water partition coefficient (Wildman–Crippen LogP) is 3.60. The molecular formula is C13H11Cl2NO2. The van der Waals surface area contributed by atoms with Gasteiger partial charge in [-0.25, -0.2) is 0 Å². The molecular weight excluding hydrogens is 273 g/mol. The van der Waals surface area contributed by atoms with Crippen LogP contribution in [0.15, 0.2) is 40.8 Å². The Hall–Kier alpha value is -1.45. The fourth-order valence-electron chi connectivity index (χ4n) is 1.53. The van der Waals surface area contributed by atoms with Gasteiger partial charge in [0.1, 0.15) is 0 Å². The summed E-state index contributed by atoms with van der Waals surface area (Å²) in [6, 6.07) is 10.8. The van der Waals surface area contributed by atoms with Gasteiger partial charge in [-0.3, -0.25) is 4.79 Å². The van der Waals surface area contributed by atoms with Gasteiger partial charge in [0.15, 0.2) is 11.0 Å². The third kappa shape index (κ3) is 3.28. The highest BCUT2D eigenvalue weighted by Crippen LogP contribution is 2.13. The molecule has 0 saturated heterocycles. The number of rotatable bonds is 4. The zero-order valence-electron chi connectivity index (χ0n) is 9.45. The molecule has 1 aromatic heterocycles. The van der Waals surface area contributed by atoms with E-state index in [1.165, 1.54) is 12.1 Å². The van der Waals surface area contributed by atoms with Gasteiger partial charge in [-0.15, -0.1) is 11.6 Å². The standard InChI is InChI=1S/C13H11Cl2NO2/c14-7-9-2-1-3-10(6-9)8-16-13(17)11-4-5-12(15)18-11/h1-6H,7-8H2,(H,16,17). The van der Waals surface area contributed by atoms with Crippen LogP contribution in [0, 0.1) is 0 Å². The molecule has 0 saturated carbocycles. The maximum absolute atomic E-state index is 11.7. The number of benzene rings is 1. The van der Waals surface area contributed by atoms with Crippen molar-refractivity contribution in [3.05, 3.63) is 58.5 Å². The predicted molar refractivity (Wildman–Crippen MR) is 70.9 cm³/mol. The number of carbonyl (C=O) groups excluding carboxylic acids is 1. The molecule has 1 heterocycles. The van der Waals surface area contributed by atoms with Gasteiger partial charge in [-0.2, -0.15) is 0 Å². The fourth-order valence-corrected chi connectivity index (χ4v) is 1.84. The highest BCUT2D eigenvalue weighted by Gasteiger charge is 2.09. The lowest BCUT2D eigenvalue weighted by molar-refractivity contribution is 0.0923. The van der Waals surface area contributed by atoms with Crippen molar-refractivity contribution in [3.8, 4) is 0 Å². The second-order valence-electron chi connectivity index (χ2n) is 3.74. The van der Waals surface area contributed by atoms with Crippen molar-refractivity contribution >= 4 is 29.1 Å². The van der Waals surface area contributed by atoms with Crippen LogP contribution in [0.3, 0.4) is 0 Å². The van der Waals surface area contributed by atoms with Crippen LogP contribution in [-0.2, 0) is 12.4 Å². The van der Waals surface area contributed by atoms with E-state index in [2.05, 4.69) is 5.32 Å². The second-order valence-corrected chi connectivity index (χ2v) is 4.38. The molecule has 0 aliphatic carbocycles. The van der Waals surface area contributed by atoms with Crippen LogP contribution < -0.4 is 5.32 Å². The van der Waals surface area contributed by atoms with Gasteiger partial charge < -0.3 is 9.73 Å². The maximum Gasteiger partial charge on any atom is 0.287 e.